The van der Waals surface area contributed by atoms with Crippen LogP contribution < -0.4 is 21.5 Å². The predicted octanol–water partition coefficient (Wildman–Crippen LogP) is 0.203. The molecular formula is C13H16BrN3O3. The summed E-state index contributed by atoms with van der Waals surface area (Å²) in [5, 5.41) is 2.69. The average Bonchev–Trinajstić information content (AvgIpc) is 2.82. The zero-order valence-corrected chi connectivity index (χ0v) is 12.4. The van der Waals surface area contributed by atoms with Crippen molar-refractivity contribution in [1.29, 1.82) is 0 Å². The van der Waals surface area contributed by atoms with E-state index in [1.165, 1.54) is 0 Å². The summed E-state index contributed by atoms with van der Waals surface area (Å²) in [7, 11) is 0. The summed E-state index contributed by atoms with van der Waals surface area (Å²) in [6.07, 6.45) is 0.690. The SMILES string of the molecule is NC(=O)CC(N)C(=O)NCc1cc(Br)cc2c1OCC2. The summed E-state index contributed by atoms with van der Waals surface area (Å²) in [5.41, 5.74) is 12.6. The van der Waals surface area contributed by atoms with Crippen molar-refractivity contribution in [2.24, 2.45) is 11.5 Å². The molecule has 20 heavy (non-hydrogen) atoms. The Morgan fingerprint density at radius 3 is 2.90 bits per heavy atom. The highest BCUT2D eigenvalue weighted by Gasteiger charge is 2.20. The minimum atomic E-state index is -0.923. The van der Waals surface area contributed by atoms with Gasteiger partial charge < -0.3 is 21.5 Å². The fourth-order valence-electron chi connectivity index (χ4n) is 2.10. The van der Waals surface area contributed by atoms with Crippen LogP contribution in [0.4, 0.5) is 0 Å². The normalized spacial score (nSPS) is 14.3. The van der Waals surface area contributed by atoms with Crippen molar-refractivity contribution < 1.29 is 14.3 Å². The predicted molar refractivity (Wildman–Crippen MR) is 77.0 cm³/mol. The Balaban J connectivity index is 2.01. The van der Waals surface area contributed by atoms with E-state index < -0.39 is 17.9 Å². The summed E-state index contributed by atoms with van der Waals surface area (Å²) < 4.78 is 6.50. The first kappa shape index (κ1) is 14.8. The number of carbonyl (C=O) groups is 2. The van der Waals surface area contributed by atoms with Gasteiger partial charge in [0.25, 0.3) is 0 Å². The van der Waals surface area contributed by atoms with Gasteiger partial charge in [0.1, 0.15) is 5.75 Å². The van der Waals surface area contributed by atoms with E-state index in [2.05, 4.69) is 21.2 Å². The molecular weight excluding hydrogens is 326 g/mol. The lowest BCUT2D eigenvalue weighted by atomic mass is 10.1. The molecule has 0 saturated carbocycles. The van der Waals surface area contributed by atoms with Crippen molar-refractivity contribution in [2.75, 3.05) is 6.61 Å². The van der Waals surface area contributed by atoms with Crippen LogP contribution in [-0.2, 0) is 22.6 Å². The number of nitrogens with one attached hydrogen (secondary N) is 1. The standard InChI is InChI=1S/C13H16BrN3O3/c14-9-3-7-1-2-20-12(7)8(4-9)6-17-13(19)10(15)5-11(16)18/h3-4,10H,1-2,5-6,15H2,(H2,16,18)(H,17,19). The quantitative estimate of drug-likeness (QED) is 0.711. The molecule has 1 atom stereocenters. The van der Waals surface area contributed by atoms with Crippen LogP contribution in [0.3, 0.4) is 0 Å². The molecule has 108 valence electrons. The highest BCUT2D eigenvalue weighted by atomic mass is 79.9. The van der Waals surface area contributed by atoms with Gasteiger partial charge in [0.2, 0.25) is 11.8 Å². The third kappa shape index (κ3) is 3.49. The highest BCUT2D eigenvalue weighted by Crippen LogP contribution is 2.32. The van der Waals surface area contributed by atoms with E-state index in [0.717, 1.165) is 27.8 Å². The van der Waals surface area contributed by atoms with Gasteiger partial charge >= 0.3 is 0 Å². The molecule has 0 aromatic heterocycles. The number of rotatable bonds is 5. The average molecular weight is 342 g/mol. The fraction of sp³-hybridized carbons (Fsp3) is 0.385. The molecule has 1 unspecified atom stereocenters. The third-order valence-corrected chi connectivity index (χ3v) is 3.49. The summed E-state index contributed by atoms with van der Waals surface area (Å²) in [4.78, 5) is 22.5. The number of benzene rings is 1. The molecule has 2 amide bonds. The summed E-state index contributed by atoms with van der Waals surface area (Å²) in [6.45, 7) is 0.945. The molecule has 1 aliphatic rings. The van der Waals surface area contributed by atoms with Crippen molar-refractivity contribution in [3.05, 3.63) is 27.7 Å². The molecule has 0 fully saturated rings. The molecule has 5 N–H and O–H groups in total. The van der Waals surface area contributed by atoms with Crippen molar-refractivity contribution in [2.45, 2.75) is 25.4 Å². The lowest BCUT2D eigenvalue weighted by molar-refractivity contribution is -0.126. The number of primary amides is 1. The Bertz CT molecular complexity index is 548. The smallest absolute Gasteiger partial charge is 0.237 e. The number of nitrogens with two attached hydrogens (primary N) is 2. The number of ether oxygens (including phenoxy) is 1. The summed E-state index contributed by atoms with van der Waals surface area (Å²) >= 11 is 3.43. The van der Waals surface area contributed by atoms with Crippen LogP contribution in [0.15, 0.2) is 16.6 Å². The number of fused-ring (bicyclic) bond motifs is 1. The molecule has 7 heteroatoms. The first-order valence-corrected chi connectivity index (χ1v) is 7.02. The van der Waals surface area contributed by atoms with Crippen molar-refractivity contribution in [3.63, 3.8) is 0 Å². The Hall–Kier alpha value is -1.60. The van der Waals surface area contributed by atoms with Crippen LogP contribution >= 0.6 is 15.9 Å². The molecule has 6 nitrogen and oxygen atoms in total. The van der Waals surface area contributed by atoms with Gasteiger partial charge in [-0.1, -0.05) is 15.9 Å². The molecule has 1 aliphatic heterocycles. The zero-order valence-electron chi connectivity index (χ0n) is 10.8. The van der Waals surface area contributed by atoms with E-state index in [1.807, 2.05) is 12.1 Å². The van der Waals surface area contributed by atoms with E-state index in [1.54, 1.807) is 0 Å². The largest absolute Gasteiger partial charge is 0.493 e. The molecule has 0 bridgehead atoms. The van der Waals surface area contributed by atoms with E-state index in [4.69, 9.17) is 16.2 Å². The van der Waals surface area contributed by atoms with Gasteiger partial charge in [-0.25, -0.2) is 0 Å². The number of amides is 2. The maximum atomic E-state index is 11.7. The second-order valence-corrected chi connectivity index (χ2v) is 5.56. The highest BCUT2D eigenvalue weighted by molar-refractivity contribution is 9.10. The first-order chi connectivity index (χ1) is 9.47. The van der Waals surface area contributed by atoms with Crippen LogP contribution in [0, 0.1) is 0 Å². The summed E-state index contributed by atoms with van der Waals surface area (Å²) in [5.74, 6) is -0.188. The molecule has 0 radical (unpaired) electrons. The Morgan fingerprint density at radius 1 is 1.45 bits per heavy atom. The summed E-state index contributed by atoms with van der Waals surface area (Å²) in [6, 6.07) is 2.98. The van der Waals surface area contributed by atoms with Gasteiger partial charge in [0.15, 0.2) is 0 Å². The maximum Gasteiger partial charge on any atom is 0.237 e. The van der Waals surface area contributed by atoms with Gasteiger partial charge in [-0.15, -0.1) is 0 Å². The topological polar surface area (TPSA) is 107 Å². The van der Waals surface area contributed by atoms with Gasteiger partial charge in [-0.3, -0.25) is 9.59 Å². The van der Waals surface area contributed by atoms with Crippen LogP contribution in [-0.4, -0.2) is 24.5 Å². The van der Waals surface area contributed by atoms with Crippen LogP contribution in [0.1, 0.15) is 17.5 Å². The minimum Gasteiger partial charge on any atom is -0.493 e. The maximum absolute atomic E-state index is 11.7. The lowest BCUT2D eigenvalue weighted by Crippen LogP contribution is -2.42. The van der Waals surface area contributed by atoms with Gasteiger partial charge in [0, 0.05) is 23.0 Å². The monoisotopic (exact) mass is 341 g/mol. The molecule has 0 aliphatic carbocycles. The third-order valence-electron chi connectivity index (χ3n) is 3.04. The van der Waals surface area contributed by atoms with Crippen LogP contribution in [0.2, 0.25) is 0 Å². The lowest BCUT2D eigenvalue weighted by Gasteiger charge is -2.13. The van der Waals surface area contributed by atoms with Gasteiger partial charge in [0.05, 0.1) is 19.1 Å². The van der Waals surface area contributed by atoms with Crippen molar-refractivity contribution >= 4 is 27.7 Å². The molecule has 0 spiro atoms. The van der Waals surface area contributed by atoms with E-state index >= 15 is 0 Å². The van der Waals surface area contributed by atoms with Gasteiger partial charge in [-0.2, -0.15) is 0 Å². The molecule has 2 rings (SSSR count). The molecule has 1 aromatic rings. The second-order valence-electron chi connectivity index (χ2n) is 4.65. The Labute approximate surface area is 125 Å². The fourth-order valence-corrected chi connectivity index (χ4v) is 2.65. The van der Waals surface area contributed by atoms with E-state index in [-0.39, 0.29) is 6.42 Å². The zero-order chi connectivity index (χ0) is 14.7. The van der Waals surface area contributed by atoms with Crippen LogP contribution in [0.25, 0.3) is 0 Å². The number of hydrogen-bond donors (Lipinski definition) is 3. The van der Waals surface area contributed by atoms with E-state index in [0.29, 0.717) is 13.2 Å². The van der Waals surface area contributed by atoms with Crippen molar-refractivity contribution in [1.82, 2.24) is 5.32 Å². The Kier molecular flexibility index (Phi) is 4.61. The number of hydrogen-bond acceptors (Lipinski definition) is 4. The Morgan fingerprint density at radius 2 is 2.20 bits per heavy atom. The minimum absolute atomic E-state index is 0.168. The molecule has 0 saturated heterocycles. The number of carbonyl (C=O) groups excluding carboxylic acids is 2. The van der Waals surface area contributed by atoms with E-state index in [9.17, 15) is 9.59 Å². The van der Waals surface area contributed by atoms with Gasteiger partial charge in [-0.05, 0) is 17.7 Å². The van der Waals surface area contributed by atoms with Crippen molar-refractivity contribution in [3.8, 4) is 5.75 Å². The molecule has 1 heterocycles. The molecule has 1 aromatic carbocycles. The number of halogens is 1. The van der Waals surface area contributed by atoms with Crippen LogP contribution in [0.5, 0.6) is 5.75 Å². The first-order valence-electron chi connectivity index (χ1n) is 6.23. The second kappa shape index (κ2) is 6.23.